The minimum atomic E-state index is -0.168. The number of anilines is 3. The van der Waals surface area contributed by atoms with Crippen LogP contribution in [0.2, 0.25) is 0 Å². The van der Waals surface area contributed by atoms with Gasteiger partial charge in [0.05, 0.1) is 18.8 Å². The number of hydrogen-bond acceptors (Lipinski definition) is 4. The smallest absolute Gasteiger partial charge is 0.260 e. The maximum absolute atomic E-state index is 13.2. The minimum absolute atomic E-state index is 0.120. The van der Waals surface area contributed by atoms with Gasteiger partial charge in [-0.1, -0.05) is 18.2 Å². The van der Waals surface area contributed by atoms with Crippen molar-refractivity contribution in [2.24, 2.45) is 0 Å². The summed E-state index contributed by atoms with van der Waals surface area (Å²) in [5.74, 6) is -0.288. The van der Waals surface area contributed by atoms with Gasteiger partial charge in [0.1, 0.15) is 0 Å². The van der Waals surface area contributed by atoms with Gasteiger partial charge in [-0.3, -0.25) is 9.59 Å². The lowest BCUT2D eigenvalue weighted by atomic mass is 10.1. The van der Waals surface area contributed by atoms with Gasteiger partial charge >= 0.3 is 0 Å². The predicted molar refractivity (Wildman–Crippen MR) is 103 cm³/mol. The van der Waals surface area contributed by atoms with Gasteiger partial charge in [-0.05, 0) is 30.3 Å². The Morgan fingerprint density at radius 3 is 2.42 bits per heavy atom. The highest BCUT2D eigenvalue weighted by atomic mass is 16.5. The molecule has 1 heterocycles. The first-order valence-electron chi connectivity index (χ1n) is 8.63. The molecular weight excluding hydrogens is 330 g/mol. The molecule has 2 aromatic carbocycles. The molecule has 1 aliphatic heterocycles. The minimum Gasteiger partial charge on any atom is -0.378 e. The second kappa shape index (κ2) is 8.01. The molecule has 0 bridgehead atoms. The molecule has 6 heteroatoms. The molecule has 0 saturated carbocycles. The molecule has 0 spiro atoms. The number of morpholine rings is 1. The summed E-state index contributed by atoms with van der Waals surface area (Å²) < 4.78 is 5.42. The molecule has 1 saturated heterocycles. The molecule has 1 N–H and O–H groups in total. The van der Waals surface area contributed by atoms with E-state index in [9.17, 15) is 9.59 Å². The van der Waals surface area contributed by atoms with Crippen molar-refractivity contribution in [1.29, 1.82) is 0 Å². The lowest BCUT2D eigenvalue weighted by Gasteiger charge is -2.31. The van der Waals surface area contributed by atoms with Gasteiger partial charge in [0.15, 0.2) is 0 Å². The van der Waals surface area contributed by atoms with E-state index in [0.29, 0.717) is 24.5 Å². The van der Waals surface area contributed by atoms with Crippen LogP contribution in [0, 0.1) is 0 Å². The maximum atomic E-state index is 13.2. The van der Waals surface area contributed by atoms with Gasteiger partial charge in [0.25, 0.3) is 5.91 Å². The van der Waals surface area contributed by atoms with E-state index in [0.717, 1.165) is 24.5 Å². The first-order chi connectivity index (χ1) is 12.6. The summed E-state index contributed by atoms with van der Waals surface area (Å²) in [7, 11) is 1.76. The topological polar surface area (TPSA) is 61.9 Å². The Kier molecular flexibility index (Phi) is 5.53. The van der Waals surface area contributed by atoms with Crippen LogP contribution in [0.5, 0.6) is 0 Å². The molecule has 6 nitrogen and oxygen atoms in total. The van der Waals surface area contributed by atoms with Crippen LogP contribution in [-0.4, -0.2) is 45.2 Å². The Labute approximate surface area is 153 Å². The fourth-order valence-electron chi connectivity index (χ4n) is 3.02. The summed E-state index contributed by atoms with van der Waals surface area (Å²) in [5, 5.41) is 2.76. The van der Waals surface area contributed by atoms with E-state index in [1.165, 1.54) is 6.92 Å². The third-order valence-corrected chi connectivity index (χ3v) is 4.35. The maximum Gasteiger partial charge on any atom is 0.260 e. The standard InChI is InChI=1S/C20H23N3O3/c1-15(24)21-16-8-9-19(23-10-12-26-13-11-23)18(14-16)20(25)22(2)17-6-4-3-5-7-17/h3-9,14H,10-13H2,1-2H3,(H,21,24). The SMILES string of the molecule is CC(=O)Nc1ccc(N2CCOCC2)c(C(=O)N(C)c2ccccc2)c1. The first kappa shape index (κ1) is 17.9. The Balaban J connectivity index is 1.97. The third kappa shape index (κ3) is 4.03. The largest absolute Gasteiger partial charge is 0.378 e. The van der Waals surface area contributed by atoms with E-state index in [4.69, 9.17) is 4.74 Å². The zero-order valence-electron chi connectivity index (χ0n) is 15.1. The van der Waals surface area contributed by atoms with Crippen molar-refractivity contribution in [2.75, 3.05) is 48.5 Å². The molecule has 1 aliphatic rings. The van der Waals surface area contributed by atoms with Crippen LogP contribution in [0.3, 0.4) is 0 Å². The number of carbonyl (C=O) groups is 2. The zero-order valence-corrected chi connectivity index (χ0v) is 15.1. The molecule has 3 rings (SSSR count). The number of para-hydroxylation sites is 1. The average Bonchev–Trinajstić information content (AvgIpc) is 2.67. The van der Waals surface area contributed by atoms with E-state index in [1.54, 1.807) is 18.0 Å². The molecule has 0 atom stereocenters. The van der Waals surface area contributed by atoms with Crippen LogP contribution in [0.25, 0.3) is 0 Å². The molecule has 26 heavy (non-hydrogen) atoms. The number of nitrogens with zero attached hydrogens (tertiary/aromatic N) is 2. The molecule has 2 aromatic rings. The first-order valence-corrected chi connectivity index (χ1v) is 8.63. The van der Waals surface area contributed by atoms with E-state index < -0.39 is 0 Å². The number of ether oxygens (including phenoxy) is 1. The molecule has 0 unspecified atom stereocenters. The summed E-state index contributed by atoms with van der Waals surface area (Å²) in [6, 6.07) is 15.0. The van der Waals surface area contributed by atoms with Crippen molar-refractivity contribution < 1.29 is 14.3 Å². The summed E-state index contributed by atoms with van der Waals surface area (Å²) in [4.78, 5) is 28.4. The summed E-state index contributed by atoms with van der Waals surface area (Å²) in [6.45, 7) is 4.18. The lowest BCUT2D eigenvalue weighted by Crippen LogP contribution is -2.38. The van der Waals surface area contributed by atoms with E-state index in [2.05, 4.69) is 10.2 Å². The van der Waals surface area contributed by atoms with Gasteiger partial charge in [-0.25, -0.2) is 0 Å². The van der Waals surface area contributed by atoms with Gasteiger partial charge in [0, 0.05) is 44.1 Å². The van der Waals surface area contributed by atoms with Crippen molar-refractivity contribution >= 4 is 28.9 Å². The Bertz CT molecular complexity index is 786. The number of rotatable bonds is 4. The Hall–Kier alpha value is -2.86. The van der Waals surface area contributed by atoms with Crippen LogP contribution in [0.4, 0.5) is 17.1 Å². The molecule has 0 radical (unpaired) electrons. The van der Waals surface area contributed by atoms with E-state index in [1.807, 2.05) is 42.5 Å². The highest BCUT2D eigenvalue weighted by Gasteiger charge is 2.22. The van der Waals surface area contributed by atoms with Crippen LogP contribution >= 0.6 is 0 Å². The quantitative estimate of drug-likeness (QED) is 0.918. The number of benzene rings is 2. The fraction of sp³-hybridized carbons (Fsp3) is 0.300. The molecule has 1 fully saturated rings. The monoisotopic (exact) mass is 353 g/mol. The summed E-state index contributed by atoms with van der Waals surface area (Å²) in [6.07, 6.45) is 0. The van der Waals surface area contributed by atoms with Crippen molar-refractivity contribution in [3.05, 3.63) is 54.1 Å². The Morgan fingerprint density at radius 2 is 1.77 bits per heavy atom. The Morgan fingerprint density at radius 1 is 1.08 bits per heavy atom. The van der Waals surface area contributed by atoms with E-state index in [-0.39, 0.29) is 11.8 Å². The van der Waals surface area contributed by atoms with Crippen LogP contribution in [-0.2, 0) is 9.53 Å². The van der Waals surface area contributed by atoms with Crippen molar-refractivity contribution in [3.63, 3.8) is 0 Å². The van der Waals surface area contributed by atoms with Gasteiger partial charge in [-0.2, -0.15) is 0 Å². The molecule has 0 aromatic heterocycles. The van der Waals surface area contributed by atoms with Crippen LogP contribution in [0.1, 0.15) is 17.3 Å². The van der Waals surface area contributed by atoms with Crippen molar-refractivity contribution in [1.82, 2.24) is 0 Å². The number of hydrogen-bond donors (Lipinski definition) is 1. The zero-order chi connectivity index (χ0) is 18.5. The average molecular weight is 353 g/mol. The summed E-state index contributed by atoms with van der Waals surface area (Å²) in [5.41, 5.74) is 2.84. The summed E-state index contributed by atoms with van der Waals surface area (Å²) >= 11 is 0. The van der Waals surface area contributed by atoms with Crippen molar-refractivity contribution in [2.45, 2.75) is 6.92 Å². The molecule has 136 valence electrons. The molecule has 0 aliphatic carbocycles. The van der Waals surface area contributed by atoms with Crippen LogP contribution in [0.15, 0.2) is 48.5 Å². The second-order valence-corrected chi connectivity index (χ2v) is 6.21. The fourth-order valence-corrected chi connectivity index (χ4v) is 3.02. The molecule has 2 amide bonds. The normalized spacial score (nSPS) is 14.0. The van der Waals surface area contributed by atoms with Gasteiger partial charge in [0.2, 0.25) is 5.91 Å². The highest BCUT2D eigenvalue weighted by molar-refractivity contribution is 6.10. The molecular formula is C20H23N3O3. The number of carbonyl (C=O) groups excluding carboxylic acids is 2. The lowest BCUT2D eigenvalue weighted by molar-refractivity contribution is -0.114. The van der Waals surface area contributed by atoms with Crippen molar-refractivity contribution in [3.8, 4) is 0 Å². The van der Waals surface area contributed by atoms with Gasteiger partial charge in [-0.15, -0.1) is 0 Å². The second-order valence-electron chi connectivity index (χ2n) is 6.21. The number of amides is 2. The predicted octanol–water partition coefficient (Wildman–Crippen LogP) is 2.76. The number of nitrogens with one attached hydrogen (secondary N) is 1. The van der Waals surface area contributed by atoms with E-state index >= 15 is 0 Å². The third-order valence-electron chi connectivity index (χ3n) is 4.35. The van der Waals surface area contributed by atoms with Crippen LogP contribution < -0.4 is 15.1 Å². The highest BCUT2D eigenvalue weighted by Crippen LogP contribution is 2.28. The van der Waals surface area contributed by atoms with Gasteiger partial charge < -0.3 is 19.9 Å².